The van der Waals surface area contributed by atoms with Gasteiger partial charge in [0.15, 0.2) is 5.88 Å². The third-order valence-electron chi connectivity index (χ3n) is 3.88. The number of fused-ring (bicyclic) bond motifs is 2. The Labute approximate surface area is 146 Å². The molecule has 2 aromatic carbocycles. The smallest absolute Gasteiger partial charge is 0.199 e. The number of hydrogen-bond donors (Lipinski definition) is 2. The first-order valence-corrected chi connectivity index (χ1v) is 8.37. The van der Waals surface area contributed by atoms with Crippen molar-refractivity contribution in [2.75, 3.05) is 6.61 Å². The second-order valence-electron chi connectivity index (χ2n) is 5.37. The van der Waals surface area contributed by atoms with Crippen LogP contribution in [0.2, 0.25) is 0 Å². The zero-order chi connectivity index (χ0) is 16.7. The van der Waals surface area contributed by atoms with Crippen LogP contribution in [0.5, 0.6) is 5.88 Å². The normalized spacial score (nSPS) is 14.9. The summed E-state index contributed by atoms with van der Waals surface area (Å²) in [6.45, 7) is 2.34. The summed E-state index contributed by atoms with van der Waals surface area (Å²) in [6, 6.07) is 13.5. The number of aromatic hydroxyl groups is 1. The zero-order valence-electron chi connectivity index (χ0n) is 12.9. The van der Waals surface area contributed by atoms with Crippen LogP contribution in [0.1, 0.15) is 18.1 Å². The molecular weight excluding hydrogens is 370 g/mol. The number of aliphatic imine (C=N–C) groups is 1. The van der Waals surface area contributed by atoms with E-state index in [1.54, 1.807) is 0 Å². The molecule has 1 aromatic heterocycles. The van der Waals surface area contributed by atoms with Crippen LogP contribution in [0, 0.1) is 0 Å². The average molecular weight is 384 g/mol. The van der Waals surface area contributed by atoms with Gasteiger partial charge in [-0.2, -0.15) is 0 Å². The number of halogens is 1. The number of benzene rings is 2. The van der Waals surface area contributed by atoms with Gasteiger partial charge < -0.3 is 14.9 Å². The molecule has 1 aliphatic heterocycles. The van der Waals surface area contributed by atoms with Crippen molar-refractivity contribution < 1.29 is 9.94 Å². The third kappa shape index (κ3) is 2.30. The predicted molar refractivity (Wildman–Crippen MR) is 98.5 cm³/mol. The summed E-state index contributed by atoms with van der Waals surface area (Å²) in [7, 11) is 0. The molecule has 0 atom stereocenters. The molecule has 24 heavy (non-hydrogen) atoms. The number of oxime groups is 1. The fraction of sp³-hybridized carbons (Fsp3) is 0.111. The molecule has 0 saturated heterocycles. The summed E-state index contributed by atoms with van der Waals surface area (Å²) in [6.07, 6.45) is 0. The van der Waals surface area contributed by atoms with E-state index in [1.165, 1.54) is 0 Å². The minimum absolute atomic E-state index is 0.0684. The Morgan fingerprint density at radius 3 is 2.92 bits per heavy atom. The lowest BCUT2D eigenvalue weighted by Gasteiger charge is -2.04. The van der Waals surface area contributed by atoms with Crippen molar-refractivity contribution in [1.29, 1.82) is 0 Å². The maximum absolute atomic E-state index is 10.5. The van der Waals surface area contributed by atoms with Gasteiger partial charge in [0.05, 0.1) is 11.3 Å². The molecule has 0 unspecified atom stereocenters. The predicted octanol–water partition coefficient (Wildman–Crippen LogP) is 4.51. The summed E-state index contributed by atoms with van der Waals surface area (Å²) in [5, 5.41) is 15.6. The molecule has 1 aliphatic rings. The van der Waals surface area contributed by atoms with Crippen molar-refractivity contribution in [1.82, 2.24) is 4.98 Å². The number of nitrogens with one attached hydrogen (secondary N) is 1. The molecule has 0 radical (unpaired) electrons. The summed E-state index contributed by atoms with van der Waals surface area (Å²) in [4.78, 5) is 13.0. The first-order chi connectivity index (χ1) is 11.7. The largest absolute Gasteiger partial charge is 0.494 e. The van der Waals surface area contributed by atoms with Gasteiger partial charge >= 0.3 is 0 Å². The molecule has 0 bridgehead atoms. The van der Waals surface area contributed by atoms with Gasteiger partial charge in [-0.05, 0) is 31.2 Å². The van der Waals surface area contributed by atoms with Gasteiger partial charge in [0, 0.05) is 20.9 Å². The Morgan fingerprint density at radius 1 is 1.25 bits per heavy atom. The van der Waals surface area contributed by atoms with Crippen LogP contribution in [-0.4, -0.2) is 28.1 Å². The molecule has 0 amide bonds. The number of rotatable bonds is 3. The molecule has 0 fully saturated rings. The van der Waals surface area contributed by atoms with Crippen molar-refractivity contribution >= 4 is 43.9 Å². The van der Waals surface area contributed by atoms with E-state index in [9.17, 15) is 5.11 Å². The first-order valence-electron chi connectivity index (χ1n) is 7.58. The second-order valence-corrected chi connectivity index (χ2v) is 6.29. The summed E-state index contributed by atoms with van der Waals surface area (Å²) in [5.41, 5.74) is 4.40. The maximum Gasteiger partial charge on any atom is 0.199 e. The monoisotopic (exact) mass is 383 g/mol. The highest BCUT2D eigenvalue weighted by Gasteiger charge is 2.29. The van der Waals surface area contributed by atoms with Crippen molar-refractivity contribution in [2.24, 2.45) is 10.1 Å². The van der Waals surface area contributed by atoms with E-state index in [0.29, 0.717) is 23.6 Å². The van der Waals surface area contributed by atoms with Crippen LogP contribution in [0.15, 0.2) is 57.1 Å². The fourth-order valence-electron chi connectivity index (χ4n) is 2.86. The van der Waals surface area contributed by atoms with E-state index in [4.69, 9.17) is 4.84 Å². The summed E-state index contributed by atoms with van der Waals surface area (Å²) >= 11 is 3.48. The van der Waals surface area contributed by atoms with Gasteiger partial charge in [-0.15, -0.1) is 0 Å². The minimum atomic E-state index is 0.0684. The standard InChI is InChI=1S/C18H14BrN3O2/c1-2-24-22-16-11-5-3-4-6-13(11)20-17(16)15-12-9-10(19)7-8-14(12)21-18(15)23/h3-9,21,23H,2H2,1H3. The molecular formula is C18H14BrN3O2. The SMILES string of the molecule is CCON=C1C(c2c(O)[nH]c3ccc(Br)cc23)=Nc2ccccc21. The van der Waals surface area contributed by atoms with Crippen LogP contribution < -0.4 is 0 Å². The number of aromatic amines is 1. The molecule has 0 saturated carbocycles. The molecule has 2 N–H and O–H groups in total. The fourth-order valence-corrected chi connectivity index (χ4v) is 3.22. The molecule has 120 valence electrons. The second kappa shape index (κ2) is 5.79. The number of H-pyrrole nitrogens is 1. The minimum Gasteiger partial charge on any atom is -0.494 e. The lowest BCUT2D eigenvalue weighted by atomic mass is 10.0. The van der Waals surface area contributed by atoms with E-state index in [2.05, 4.69) is 31.1 Å². The van der Waals surface area contributed by atoms with Gasteiger partial charge in [0.25, 0.3) is 0 Å². The number of nitrogens with zero attached hydrogens (tertiary/aromatic N) is 2. The van der Waals surface area contributed by atoms with Gasteiger partial charge in [-0.1, -0.05) is 39.3 Å². The molecule has 4 rings (SSSR count). The summed E-state index contributed by atoms with van der Waals surface area (Å²) < 4.78 is 0.926. The van der Waals surface area contributed by atoms with E-state index in [1.807, 2.05) is 49.4 Å². The van der Waals surface area contributed by atoms with Crippen molar-refractivity contribution in [3.8, 4) is 5.88 Å². The van der Waals surface area contributed by atoms with E-state index < -0.39 is 0 Å². The highest BCUT2D eigenvalue weighted by molar-refractivity contribution is 9.10. The van der Waals surface area contributed by atoms with Crippen LogP contribution in [0.3, 0.4) is 0 Å². The Kier molecular flexibility index (Phi) is 3.61. The highest BCUT2D eigenvalue weighted by Crippen LogP contribution is 2.36. The summed E-state index contributed by atoms with van der Waals surface area (Å²) in [5.74, 6) is 0.0684. The Hall–Kier alpha value is -2.60. The number of aromatic nitrogens is 1. The topological polar surface area (TPSA) is 70.0 Å². The number of hydrogen-bond acceptors (Lipinski definition) is 4. The van der Waals surface area contributed by atoms with Crippen LogP contribution >= 0.6 is 15.9 Å². The molecule has 2 heterocycles. The quantitative estimate of drug-likeness (QED) is 0.653. The number of para-hydroxylation sites is 1. The third-order valence-corrected chi connectivity index (χ3v) is 4.37. The Bertz CT molecular complexity index is 1000. The lowest BCUT2D eigenvalue weighted by Crippen LogP contribution is -2.13. The van der Waals surface area contributed by atoms with Gasteiger partial charge in [0.2, 0.25) is 0 Å². The molecule has 0 aliphatic carbocycles. The lowest BCUT2D eigenvalue weighted by molar-refractivity contribution is 0.159. The van der Waals surface area contributed by atoms with E-state index >= 15 is 0 Å². The maximum atomic E-state index is 10.5. The highest BCUT2D eigenvalue weighted by atomic mass is 79.9. The van der Waals surface area contributed by atoms with Gasteiger partial charge in [0.1, 0.15) is 18.0 Å². The van der Waals surface area contributed by atoms with Gasteiger partial charge in [-0.3, -0.25) is 0 Å². The molecule has 0 spiro atoms. The van der Waals surface area contributed by atoms with Crippen molar-refractivity contribution in [3.05, 3.63) is 58.1 Å². The van der Waals surface area contributed by atoms with E-state index in [-0.39, 0.29) is 5.88 Å². The van der Waals surface area contributed by atoms with Crippen molar-refractivity contribution in [3.63, 3.8) is 0 Å². The van der Waals surface area contributed by atoms with Crippen LogP contribution in [0.4, 0.5) is 5.69 Å². The molecule has 5 nitrogen and oxygen atoms in total. The van der Waals surface area contributed by atoms with Crippen LogP contribution in [0.25, 0.3) is 10.9 Å². The Balaban J connectivity index is 1.96. The molecule has 3 aromatic rings. The van der Waals surface area contributed by atoms with Crippen molar-refractivity contribution in [2.45, 2.75) is 6.92 Å². The van der Waals surface area contributed by atoms with Gasteiger partial charge in [-0.25, -0.2) is 4.99 Å². The van der Waals surface area contributed by atoms with E-state index in [0.717, 1.165) is 26.6 Å². The first kappa shape index (κ1) is 15.0. The zero-order valence-corrected chi connectivity index (χ0v) is 14.5. The average Bonchev–Trinajstić information content (AvgIpc) is 3.09. The van der Waals surface area contributed by atoms with Crippen LogP contribution in [-0.2, 0) is 4.84 Å². The Morgan fingerprint density at radius 2 is 2.08 bits per heavy atom. The molecule has 6 heteroatoms.